The van der Waals surface area contributed by atoms with Crippen molar-refractivity contribution in [3.8, 4) is 0 Å². The Bertz CT molecular complexity index is 484. The van der Waals surface area contributed by atoms with E-state index < -0.39 is 20.0 Å². The summed E-state index contributed by atoms with van der Waals surface area (Å²) in [6.45, 7) is 5.35. The molecule has 0 spiro atoms. The van der Waals surface area contributed by atoms with E-state index in [0.29, 0.717) is 13.1 Å². The average Bonchev–Trinajstić information content (AvgIpc) is 2.88. The first-order valence-corrected chi connectivity index (χ1v) is 10.3. The van der Waals surface area contributed by atoms with Gasteiger partial charge in [0.05, 0.1) is 11.5 Å². The molecule has 1 atom stereocenters. The van der Waals surface area contributed by atoms with Crippen LogP contribution in [-0.2, 0) is 20.0 Å². The zero-order chi connectivity index (χ0) is 15.2. The van der Waals surface area contributed by atoms with Crippen LogP contribution >= 0.6 is 0 Å². The lowest BCUT2D eigenvalue weighted by Crippen LogP contribution is -2.45. The fraction of sp³-hybridized carbons (Fsp3) is 1.00. The van der Waals surface area contributed by atoms with Gasteiger partial charge in [-0.3, -0.25) is 0 Å². The normalized spacial score (nSPS) is 20.6. The van der Waals surface area contributed by atoms with E-state index in [1.54, 1.807) is 0 Å². The fourth-order valence-electron chi connectivity index (χ4n) is 2.20. The summed E-state index contributed by atoms with van der Waals surface area (Å²) in [6.07, 6.45) is 1.55. The molecule has 0 saturated carbocycles. The highest BCUT2D eigenvalue weighted by atomic mass is 32.2. The molecule has 0 bridgehead atoms. The second kappa shape index (κ2) is 7.69. The van der Waals surface area contributed by atoms with Gasteiger partial charge in [-0.05, 0) is 26.3 Å². The predicted molar refractivity (Wildman–Crippen MR) is 79.5 cm³/mol. The first kappa shape index (κ1) is 17.8. The highest BCUT2D eigenvalue weighted by Gasteiger charge is 2.31. The molecule has 1 heterocycles. The van der Waals surface area contributed by atoms with Crippen LogP contribution in [0.2, 0.25) is 0 Å². The standard InChI is InChI=1S/C11H25N3O4S2/c1-3-8-14(11-5-6-12-10-11)20(17,18)9-7-13-19(15,16)4-2/h11-13H,3-10H2,1-2H3. The Labute approximate surface area is 122 Å². The molecular weight excluding hydrogens is 302 g/mol. The van der Waals surface area contributed by atoms with E-state index in [2.05, 4.69) is 10.0 Å². The molecule has 2 N–H and O–H groups in total. The molecule has 1 fully saturated rings. The molecule has 20 heavy (non-hydrogen) atoms. The van der Waals surface area contributed by atoms with Crippen LogP contribution in [0, 0.1) is 0 Å². The molecule has 9 heteroatoms. The van der Waals surface area contributed by atoms with Crippen LogP contribution in [0.3, 0.4) is 0 Å². The summed E-state index contributed by atoms with van der Waals surface area (Å²) in [4.78, 5) is 0. The van der Waals surface area contributed by atoms with Crippen LogP contribution in [0.15, 0.2) is 0 Å². The molecule has 0 aromatic rings. The Morgan fingerprint density at radius 3 is 2.45 bits per heavy atom. The summed E-state index contributed by atoms with van der Waals surface area (Å²) < 4.78 is 51.1. The molecule has 0 amide bonds. The molecule has 120 valence electrons. The fourth-order valence-corrected chi connectivity index (χ4v) is 4.64. The number of rotatable bonds is 9. The van der Waals surface area contributed by atoms with Crippen molar-refractivity contribution in [2.45, 2.75) is 32.7 Å². The van der Waals surface area contributed by atoms with E-state index >= 15 is 0 Å². The summed E-state index contributed by atoms with van der Waals surface area (Å²) in [5, 5.41) is 3.16. The Morgan fingerprint density at radius 2 is 1.95 bits per heavy atom. The lowest BCUT2D eigenvalue weighted by molar-refractivity contribution is 0.335. The van der Waals surface area contributed by atoms with Crippen molar-refractivity contribution in [3.63, 3.8) is 0 Å². The summed E-state index contributed by atoms with van der Waals surface area (Å²) in [5.74, 6) is -0.235. The number of hydrogen-bond donors (Lipinski definition) is 2. The van der Waals surface area contributed by atoms with Crippen molar-refractivity contribution in [1.82, 2.24) is 14.3 Å². The average molecular weight is 327 g/mol. The van der Waals surface area contributed by atoms with Gasteiger partial charge in [0.2, 0.25) is 20.0 Å². The molecule has 1 aliphatic heterocycles. The van der Waals surface area contributed by atoms with Crippen molar-refractivity contribution in [2.75, 3.05) is 37.7 Å². The van der Waals surface area contributed by atoms with Crippen LogP contribution in [0.5, 0.6) is 0 Å². The van der Waals surface area contributed by atoms with Crippen molar-refractivity contribution in [1.29, 1.82) is 0 Å². The SMILES string of the molecule is CCCN(C1CCNC1)S(=O)(=O)CCNS(=O)(=O)CC. The van der Waals surface area contributed by atoms with Crippen molar-refractivity contribution < 1.29 is 16.8 Å². The van der Waals surface area contributed by atoms with Gasteiger partial charge in [-0.2, -0.15) is 4.31 Å². The van der Waals surface area contributed by atoms with Gasteiger partial charge in [0.15, 0.2) is 0 Å². The Morgan fingerprint density at radius 1 is 1.25 bits per heavy atom. The summed E-state index contributed by atoms with van der Waals surface area (Å²) in [6, 6.07) is -0.0114. The number of nitrogens with one attached hydrogen (secondary N) is 2. The Kier molecular flexibility index (Phi) is 6.86. The van der Waals surface area contributed by atoms with Gasteiger partial charge >= 0.3 is 0 Å². The van der Waals surface area contributed by atoms with Gasteiger partial charge in [-0.1, -0.05) is 6.92 Å². The molecule has 1 unspecified atom stereocenters. The summed E-state index contributed by atoms with van der Waals surface area (Å²) >= 11 is 0. The third-order valence-electron chi connectivity index (χ3n) is 3.30. The van der Waals surface area contributed by atoms with Crippen LogP contribution in [-0.4, -0.2) is 64.9 Å². The molecule has 0 aromatic carbocycles. The van der Waals surface area contributed by atoms with Gasteiger partial charge in [-0.15, -0.1) is 0 Å². The minimum absolute atomic E-state index is 0.0114. The minimum atomic E-state index is -3.43. The van der Waals surface area contributed by atoms with Crippen molar-refractivity contribution in [3.05, 3.63) is 0 Å². The molecule has 1 aliphatic rings. The quantitative estimate of drug-likeness (QED) is 0.585. The topological polar surface area (TPSA) is 95.6 Å². The molecule has 0 aromatic heterocycles. The Hall–Kier alpha value is -0.220. The molecule has 0 radical (unpaired) electrons. The predicted octanol–water partition coefficient (Wildman–Crippen LogP) is -0.671. The maximum Gasteiger partial charge on any atom is 0.215 e. The van der Waals surface area contributed by atoms with Crippen molar-refractivity contribution >= 4 is 20.0 Å². The van der Waals surface area contributed by atoms with Gasteiger partial charge < -0.3 is 5.32 Å². The van der Waals surface area contributed by atoms with Gasteiger partial charge in [0, 0.05) is 25.7 Å². The van der Waals surface area contributed by atoms with E-state index in [1.165, 1.54) is 11.2 Å². The van der Waals surface area contributed by atoms with Gasteiger partial charge in [-0.25, -0.2) is 21.6 Å². The van der Waals surface area contributed by atoms with Crippen LogP contribution in [0.1, 0.15) is 26.7 Å². The molecule has 7 nitrogen and oxygen atoms in total. The van der Waals surface area contributed by atoms with Gasteiger partial charge in [0.1, 0.15) is 0 Å². The monoisotopic (exact) mass is 327 g/mol. The summed E-state index contributed by atoms with van der Waals surface area (Å²) in [7, 11) is -6.78. The Balaban J connectivity index is 2.63. The smallest absolute Gasteiger partial charge is 0.215 e. The second-order valence-corrected chi connectivity index (χ2v) is 9.01. The molecule has 1 rings (SSSR count). The van der Waals surface area contributed by atoms with E-state index in [0.717, 1.165) is 19.4 Å². The number of hydrogen-bond acceptors (Lipinski definition) is 5. The molecule has 0 aliphatic carbocycles. The van der Waals surface area contributed by atoms with Crippen LogP contribution < -0.4 is 10.0 Å². The highest BCUT2D eigenvalue weighted by Crippen LogP contribution is 2.14. The van der Waals surface area contributed by atoms with Gasteiger partial charge in [0.25, 0.3) is 0 Å². The maximum absolute atomic E-state index is 12.3. The number of nitrogens with zero attached hydrogens (tertiary/aromatic N) is 1. The molecule has 1 saturated heterocycles. The van der Waals surface area contributed by atoms with Crippen LogP contribution in [0.4, 0.5) is 0 Å². The van der Waals surface area contributed by atoms with E-state index in [1.807, 2.05) is 6.92 Å². The highest BCUT2D eigenvalue weighted by molar-refractivity contribution is 7.90. The van der Waals surface area contributed by atoms with Crippen molar-refractivity contribution in [2.24, 2.45) is 0 Å². The number of sulfonamides is 2. The summed E-state index contributed by atoms with van der Waals surface area (Å²) in [5.41, 5.74) is 0. The first-order valence-electron chi connectivity index (χ1n) is 7.00. The lowest BCUT2D eigenvalue weighted by Gasteiger charge is -2.27. The second-order valence-electron chi connectivity index (χ2n) is 4.87. The third-order valence-corrected chi connectivity index (χ3v) is 6.62. The van der Waals surface area contributed by atoms with Crippen LogP contribution in [0.25, 0.3) is 0 Å². The zero-order valence-electron chi connectivity index (χ0n) is 12.1. The maximum atomic E-state index is 12.3. The first-order chi connectivity index (χ1) is 9.32. The van der Waals surface area contributed by atoms with E-state index in [9.17, 15) is 16.8 Å². The zero-order valence-corrected chi connectivity index (χ0v) is 13.8. The largest absolute Gasteiger partial charge is 0.315 e. The van der Waals surface area contributed by atoms with E-state index in [-0.39, 0.29) is 24.1 Å². The minimum Gasteiger partial charge on any atom is -0.315 e. The van der Waals surface area contributed by atoms with E-state index in [4.69, 9.17) is 0 Å². The third kappa shape index (κ3) is 5.28. The lowest BCUT2D eigenvalue weighted by atomic mass is 10.2. The molecular formula is C11H25N3O4S2.